The van der Waals surface area contributed by atoms with Gasteiger partial charge < -0.3 is 9.88 Å². The van der Waals surface area contributed by atoms with Gasteiger partial charge in [-0.05, 0) is 44.0 Å². The summed E-state index contributed by atoms with van der Waals surface area (Å²) in [6.45, 7) is 5.31. The summed E-state index contributed by atoms with van der Waals surface area (Å²) < 4.78 is 1.73. The Morgan fingerprint density at radius 1 is 1.31 bits per heavy atom. The smallest absolute Gasteiger partial charge is 0.252 e. The van der Waals surface area contributed by atoms with Crippen LogP contribution in [0.25, 0.3) is 16.7 Å². The van der Waals surface area contributed by atoms with E-state index in [2.05, 4.69) is 20.1 Å². The Labute approximate surface area is 172 Å². The lowest BCUT2D eigenvalue weighted by Crippen LogP contribution is -2.36. The number of halogens is 1. The van der Waals surface area contributed by atoms with Crippen molar-refractivity contribution in [1.82, 2.24) is 29.5 Å². The van der Waals surface area contributed by atoms with E-state index in [-0.39, 0.29) is 5.91 Å². The van der Waals surface area contributed by atoms with E-state index in [1.807, 2.05) is 36.9 Å². The molecule has 1 aliphatic heterocycles. The maximum absolute atomic E-state index is 13.0. The van der Waals surface area contributed by atoms with Crippen molar-refractivity contribution in [3.63, 3.8) is 0 Å². The number of H-pyrrole nitrogens is 1. The lowest BCUT2D eigenvalue weighted by atomic mass is 10.0. The third-order valence-corrected chi connectivity index (χ3v) is 6.10. The molecule has 5 rings (SSSR count). The predicted octanol–water partition coefficient (Wildman–Crippen LogP) is 3.39. The van der Waals surface area contributed by atoms with Crippen LogP contribution in [0, 0.1) is 13.8 Å². The van der Waals surface area contributed by atoms with Gasteiger partial charge in [0, 0.05) is 64.5 Å². The number of nitrogens with zero attached hydrogens (tertiary/aromatic N) is 5. The highest BCUT2D eigenvalue weighted by atomic mass is 35.5. The maximum Gasteiger partial charge on any atom is 0.252 e. The first kappa shape index (κ1) is 18.1. The maximum atomic E-state index is 13.0. The van der Waals surface area contributed by atoms with Gasteiger partial charge in [0.2, 0.25) is 5.91 Å². The Bertz CT molecular complexity index is 1260. The van der Waals surface area contributed by atoms with Crippen LogP contribution in [-0.2, 0) is 24.2 Å². The van der Waals surface area contributed by atoms with Gasteiger partial charge in [0.1, 0.15) is 6.33 Å². The fraction of sp³-hybridized carbons (Fsp3) is 0.333. The summed E-state index contributed by atoms with van der Waals surface area (Å²) in [6, 6.07) is 5.87. The van der Waals surface area contributed by atoms with Crippen LogP contribution in [0.2, 0.25) is 5.02 Å². The second-order valence-electron chi connectivity index (χ2n) is 7.57. The van der Waals surface area contributed by atoms with Gasteiger partial charge in [0.25, 0.3) is 5.78 Å². The topological polar surface area (TPSA) is 79.2 Å². The van der Waals surface area contributed by atoms with Gasteiger partial charge in [0.15, 0.2) is 0 Å². The van der Waals surface area contributed by atoms with Crippen LogP contribution in [0.1, 0.15) is 34.6 Å². The Hall–Kier alpha value is -2.93. The summed E-state index contributed by atoms with van der Waals surface area (Å²) in [5.41, 5.74) is 6.42. The summed E-state index contributed by atoms with van der Waals surface area (Å²) in [7, 11) is 0. The van der Waals surface area contributed by atoms with Crippen LogP contribution in [0.5, 0.6) is 0 Å². The molecule has 8 heteroatoms. The van der Waals surface area contributed by atoms with Crippen LogP contribution in [-0.4, -0.2) is 41.9 Å². The first-order chi connectivity index (χ1) is 14.0. The Balaban J connectivity index is 1.35. The Morgan fingerprint density at radius 2 is 2.17 bits per heavy atom. The summed E-state index contributed by atoms with van der Waals surface area (Å²) in [6.07, 6.45) is 3.42. The van der Waals surface area contributed by atoms with E-state index in [4.69, 9.17) is 11.6 Å². The summed E-state index contributed by atoms with van der Waals surface area (Å²) >= 11 is 6.19. The number of carbonyl (C=O) groups is 1. The van der Waals surface area contributed by atoms with Crippen molar-refractivity contribution < 1.29 is 4.79 Å². The van der Waals surface area contributed by atoms with Crippen LogP contribution in [0.3, 0.4) is 0 Å². The van der Waals surface area contributed by atoms with Crippen molar-refractivity contribution in [2.45, 2.75) is 39.7 Å². The van der Waals surface area contributed by atoms with E-state index in [0.29, 0.717) is 30.2 Å². The molecule has 7 nitrogen and oxygen atoms in total. The van der Waals surface area contributed by atoms with Crippen LogP contribution in [0.15, 0.2) is 24.5 Å². The number of rotatable bonds is 3. The van der Waals surface area contributed by atoms with E-state index in [9.17, 15) is 4.79 Å². The number of benzene rings is 1. The Morgan fingerprint density at radius 3 is 3.03 bits per heavy atom. The van der Waals surface area contributed by atoms with Gasteiger partial charge in [-0.2, -0.15) is 10.1 Å². The zero-order valence-electron chi connectivity index (χ0n) is 16.4. The molecule has 0 bridgehead atoms. The number of carbonyl (C=O) groups excluding carboxylic acids is 1. The third kappa shape index (κ3) is 3.06. The lowest BCUT2D eigenvalue weighted by molar-refractivity contribution is -0.132. The minimum Gasteiger partial charge on any atom is -0.358 e. The molecule has 0 saturated carbocycles. The molecule has 1 amide bonds. The number of amides is 1. The first-order valence-electron chi connectivity index (χ1n) is 9.74. The van der Waals surface area contributed by atoms with Gasteiger partial charge in [-0.1, -0.05) is 11.6 Å². The fourth-order valence-corrected chi connectivity index (χ4v) is 4.48. The molecule has 148 valence electrons. The van der Waals surface area contributed by atoms with Crippen molar-refractivity contribution >= 4 is 34.2 Å². The van der Waals surface area contributed by atoms with E-state index < -0.39 is 0 Å². The van der Waals surface area contributed by atoms with Crippen molar-refractivity contribution in [3.8, 4) is 0 Å². The standard InChI is InChI=1S/C21H21ClN6O/c1-12-15(13(2)28-21(25-12)23-11-24-28)4-6-20(29)27-8-7-19-17(10-27)16-9-14(22)3-5-18(16)26-19/h3,5,9,11,26H,4,6-8,10H2,1-2H3. The van der Waals surface area contributed by atoms with E-state index in [0.717, 1.165) is 40.8 Å². The molecule has 1 N–H and O–H groups in total. The van der Waals surface area contributed by atoms with E-state index in [1.165, 1.54) is 17.6 Å². The Kier molecular flexibility index (Phi) is 4.28. The number of fused-ring (bicyclic) bond motifs is 4. The molecular formula is C21H21ClN6O. The minimum atomic E-state index is 0.157. The largest absolute Gasteiger partial charge is 0.358 e. The van der Waals surface area contributed by atoms with E-state index >= 15 is 0 Å². The van der Waals surface area contributed by atoms with Crippen LogP contribution >= 0.6 is 11.6 Å². The number of nitrogens with one attached hydrogen (secondary N) is 1. The second-order valence-corrected chi connectivity index (χ2v) is 8.01. The third-order valence-electron chi connectivity index (χ3n) is 5.87. The van der Waals surface area contributed by atoms with Crippen LogP contribution < -0.4 is 0 Å². The molecule has 0 unspecified atom stereocenters. The van der Waals surface area contributed by atoms with Gasteiger partial charge in [-0.3, -0.25) is 4.79 Å². The molecule has 0 aliphatic carbocycles. The molecule has 3 aromatic heterocycles. The van der Waals surface area contributed by atoms with Gasteiger partial charge in [-0.25, -0.2) is 9.50 Å². The zero-order valence-corrected chi connectivity index (χ0v) is 17.1. The fourth-order valence-electron chi connectivity index (χ4n) is 4.31. The lowest BCUT2D eigenvalue weighted by Gasteiger charge is -2.27. The quantitative estimate of drug-likeness (QED) is 0.563. The molecule has 1 aromatic carbocycles. The summed E-state index contributed by atoms with van der Waals surface area (Å²) in [5, 5.41) is 6.05. The monoisotopic (exact) mass is 408 g/mol. The highest BCUT2D eigenvalue weighted by molar-refractivity contribution is 6.31. The molecule has 0 atom stereocenters. The molecule has 0 saturated heterocycles. The normalized spacial score (nSPS) is 14.0. The second kappa shape index (κ2) is 6.84. The van der Waals surface area contributed by atoms with Crippen LogP contribution in [0.4, 0.5) is 0 Å². The summed E-state index contributed by atoms with van der Waals surface area (Å²) in [4.78, 5) is 27.0. The van der Waals surface area contributed by atoms with Crippen molar-refractivity contribution in [2.75, 3.05) is 6.54 Å². The first-order valence-corrected chi connectivity index (χ1v) is 10.1. The predicted molar refractivity (Wildman–Crippen MR) is 111 cm³/mol. The van der Waals surface area contributed by atoms with Gasteiger partial charge in [0.05, 0.1) is 0 Å². The molecule has 0 fully saturated rings. The number of hydrogen-bond donors (Lipinski definition) is 1. The zero-order chi connectivity index (χ0) is 20.1. The number of aromatic amines is 1. The number of aryl methyl sites for hydroxylation is 2. The molecule has 29 heavy (non-hydrogen) atoms. The number of hydrogen-bond acceptors (Lipinski definition) is 4. The van der Waals surface area contributed by atoms with Gasteiger partial charge in [-0.15, -0.1) is 0 Å². The molecule has 4 aromatic rings. The molecule has 1 aliphatic rings. The molecular weight excluding hydrogens is 388 g/mol. The minimum absolute atomic E-state index is 0.157. The average Bonchev–Trinajstić information content (AvgIpc) is 3.31. The highest BCUT2D eigenvalue weighted by Gasteiger charge is 2.24. The van der Waals surface area contributed by atoms with Crippen molar-refractivity contribution in [2.24, 2.45) is 0 Å². The van der Waals surface area contributed by atoms with Crippen molar-refractivity contribution in [3.05, 3.63) is 57.8 Å². The molecule has 0 radical (unpaired) electrons. The average molecular weight is 409 g/mol. The SMILES string of the molecule is Cc1nc2ncnn2c(C)c1CCC(=O)N1CCc2[nH]c3ccc(Cl)cc3c2C1. The number of aromatic nitrogens is 5. The highest BCUT2D eigenvalue weighted by Crippen LogP contribution is 2.30. The molecule has 0 spiro atoms. The summed E-state index contributed by atoms with van der Waals surface area (Å²) in [5.74, 6) is 0.751. The van der Waals surface area contributed by atoms with Gasteiger partial charge >= 0.3 is 0 Å². The van der Waals surface area contributed by atoms with E-state index in [1.54, 1.807) is 4.52 Å². The molecule has 4 heterocycles. The van der Waals surface area contributed by atoms with Crippen molar-refractivity contribution in [1.29, 1.82) is 0 Å².